The summed E-state index contributed by atoms with van der Waals surface area (Å²) in [5.41, 5.74) is 2.57. The number of hydrogen-bond donors (Lipinski definition) is 1. The standard InChI is InChI=1S/C21H24BrNO2/c1-25-20-8-2-15(3-9-20)14-23-18-10-11-21(23,13-19(24)12-18)16-4-6-17(22)7-5-16/h2-9,18-19,24H,10-14H2,1H3/t18?,19-,21-/m0/s1. The zero-order valence-corrected chi connectivity index (χ0v) is 16.1. The Morgan fingerprint density at radius 1 is 1.16 bits per heavy atom. The maximum atomic E-state index is 10.5. The van der Waals surface area contributed by atoms with Gasteiger partial charge in [0, 0.05) is 22.6 Å². The summed E-state index contributed by atoms with van der Waals surface area (Å²) in [5.74, 6) is 0.892. The molecule has 132 valence electrons. The summed E-state index contributed by atoms with van der Waals surface area (Å²) in [5, 5.41) is 10.5. The van der Waals surface area contributed by atoms with Gasteiger partial charge < -0.3 is 9.84 Å². The Kier molecular flexibility index (Phi) is 4.61. The molecule has 2 fully saturated rings. The minimum Gasteiger partial charge on any atom is -0.497 e. The van der Waals surface area contributed by atoms with Crippen LogP contribution in [0.4, 0.5) is 0 Å². The van der Waals surface area contributed by atoms with Crippen LogP contribution in [0.2, 0.25) is 0 Å². The second-order valence-corrected chi connectivity index (χ2v) is 8.22. The third-order valence-corrected chi connectivity index (χ3v) is 6.42. The van der Waals surface area contributed by atoms with Gasteiger partial charge in [-0.05, 0) is 61.1 Å². The quantitative estimate of drug-likeness (QED) is 0.819. The number of hydrogen-bond acceptors (Lipinski definition) is 3. The molecule has 0 amide bonds. The number of fused-ring (bicyclic) bond motifs is 2. The molecule has 2 bridgehead atoms. The number of piperidine rings is 1. The topological polar surface area (TPSA) is 32.7 Å². The van der Waals surface area contributed by atoms with Crippen LogP contribution in [0.15, 0.2) is 53.0 Å². The molecule has 0 spiro atoms. The van der Waals surface area contributed by atoms with Crippen LogP contribution in [0, 0.1) is 0 Å². The average molecular weight is 402 g/mol. The van der Waals surface area contributed by atoms with Crippen molar-refractivity contribution in [3.8, 4) is 5.75 Å². The number of benzene rings is 2. The highest BCUT2D eigenvalue weighted by Crippen LogP contribution is 2.51. The molecule has 2 aromatic rings. The second-order valence-electron chi connectivity index (χ2n) is 7.30. The summed E-state index contributed by atoms with van der Waals surface area (Å²) in [7, 11) is 1.70. The van der Waals surface area contributed by atoms with Gasteiger partial charge >= 0.3 is 0 Å². The minimum absolute atomic E-state index is 0.0526. The van der Waals surface area contributed by atoms with E-state index in [1.807, 2.05) is 12.1 Å². The van der Waals surface area contributed by atoms with Crippen LogP contribution >= 0.6 is 15.9 Å². The van der Waals surface area contributed by atoms with Crippen LogP contribution < -0.4 is 4.74 Å². The number of aliphatic hydroxyl groups is 1. The normalized spacial score (nSPS) is 28.9. The van der Waals surface area contributed by atoms with Gasteiger partial charge in [0.1, 0.15) is 5.75 Å². The SMILES string of the molecule is COc1ccc(CN2C3CC[C@@]2(c2ccc(Br)cc2)C[C@@H](O)C3)cc1. The highest BCUT2D eigenvalue weighted by atomic mass is 79.9. The summed E-state index contributed by atoms with van der Waals surface area (Å²) in [6, 6.07) is 17.5. The average Bonchev–Trinajstić information content (AvgIpc) is 2.84. The lowest BCUT2D eigenvalue weighted by Gasteiger charge is -2.47. The van der Waals surface area contributed by atoms with Crippen molar-refractivity contribution in [2.45, 2.75) is 49.9 Å². The molecule has 2 heterocycles. The van der Waals surface area contributed by atoms with Crippen molar-refractivity contribution in [2.24, 2.45) is 0 Å². The molecule has 0 aliphatic carbocycles. The predicted octanol–water partition coefficient (Wildman–Crippen LogP) is 4.47. The van der Waals surface area contributed by atoms with Crippen molar-refractivity contribution < 1.29 is 9.84 Å². The lowest BCUT2D eigenvalue weighted by atomic mass is 9.80. The van der Waals surface area contributed by atoms with E-state index in [1.165, 1.54) is 11.1 Å². The maximum absolute atomic E-state index is 10.5. The molecule has 2 aromatic carbocycles. The Hall–Kier alpha value is -1.36. The Bertz CT molecular complexity index is 731. The van der Waals surface area contributed by atoms with Gasteiger partial charge in [0.15, 0.2) is 0 Å². The van der Waals surface area contributed by atoms with Crippen LogP contribution in [0.5, 0.6) is 5.75 Å². The summed E-state index contributed by atoms with van der Waals surface area (Å²) >= 11 is 3.54. The molecule has 0 saturated carbocycles. The molecular formula is C21H24BrNO2. The molecule has 4 heteroatoms. The van der Waals surface area contributed by atoms with E-state index in [9.17, 15) is 5.11 Å². The van der Waals surface area contributed by atoms with Crippen LogP contribution in [0.3, 0.4) is 0 Å². The first-order valence-corrected chi connectivity index (χ1v) is 9.74. The van der Waals surface area contributed by atoms with E-state index in [0.29, 0.717) is 6.04 Å². The third-order valence-electron chi connectivity index (χ3n) is 5.89. The number of rotatable bonds is 4. The Morgan fingerprint density at radius 3 is 2.56 bits per heavy atom. The van der Waals surface area contributed by atoms with Crippen LogP contribution in [-0.2, 0) is 12.1 Å². The zero-order chi connectivity index (χ0) is 17.4. The van der Waals surface area contributed by atoms with Crippen LogP contribution in [0.1, 0.15) is 36.8 Å². The largest absolute Gasteiger partial charge is 0.497 e. The molecule has 3 nitrogen and oxygen atoms in total. The molecule has 1 N–H and O–H groups in total. The van der Waals surface area contributed by atoms with E-state index in [-0.39, 0.29) is 11.6 Å². The number of methoxy groups -OCH3 is 1. The Morgan fingerprint density at radius 2 is 1.88 bits per heavy atom. The van der Waals surface area contributed by atoms with Gasteiger partial charge in [0.25, 0.3) is 0 Å². The van der Waals surface area contributed by atoms with Crippen molar-refractivity contribution >= 4 is 15.9 Å². The smallest absolute Gasteiger partial charge is 0.118 e. The summed E-state index contributed by atoms with van der Waals surface area (Å²) in [6.07, 6.45) is 3.77. The van der Waals surface area contributed by atoms with Gasteiger partial charge in [-0.1, -0.05) is 40.2 Å². The van der Waals surface area contributed by atoms with Gasteiger partial charge in [-0.3, -0.25) is 4.90 Å². The van der Waals surface area contributed by atoms with Gasteiger partial charge in [0.05, 0.1) is 13.2 Å². The summed E-state index contributed by atoms with van der Waals surface area (Å²) < 4.78 is 6.37. The Balaban J connectivity index is 1.67. The van der Waals surface area contributed by atoms with Crippen molar-refractivity contribution in [1.82, 2.24) is 4.90 Å². The van der Waals surface area contributed by atoms with Gasteiger partial charge in [-0.2, -0.15) is 0 Å². The number of nitrogens with zero attached hydrogens (tertiary/aromatic N) is 1. The number of halogens is 1. The van der Waals surface area contributed by atoms with E-state index in [2.05, 4.69) is 57.2 Å². The van der Waals surface area contributed by atoms with Crippen LogP contribution in [0.25, 0.3) is 0 Å². The molecule has 2 aliphatic heterocycles. The summed E-state index contributed by atoms with van der Waals surface area (Å²) in [6.45, 7) is 0.914. The third kappa shape index (κ3) is 3.12. The fourth-order valence-electron chi connectivity index (χ4n) is 4.70. The predicted molar refractivity (Wildman–Crippen MR) is 103 cm³/mol. The monoisotopic (exact) mass is 401 g/mol. The van der Waals surface area contributed by atoms with Crippen molar-refractivity contribution in [3.05, 3.63) is 64.1 Å². The van der Waals surface area contributed by atoms with Crippen molar-refractivity contribution in [1.29, 1.82) is 0 Å². The summed E-state index contributed by atoms with van der Waals surface area (Å²) in [4.78, 5) is 2.63. The second kappa shape index (κ2) is 6.75. The van der Waals surface area contributed by atoms with E-state index in [0.717, 1.165) is 42.5 Å². The van der Waals surface area contributed by atoms with Crippen LogP contribution in [-0.4, -0.2) is 29.3 Å². The molecule has 25 heavy (non-hydrogen) atoms. The van der Waals surface area contributed by atoms with E-state index < -0.39 is 0 Å². The fraction of sp³-hybridized carbons (Fsp3) is 0.429. The van der Waals surface area contributed by atoms with E-state index >= 15 is 0 Å². The van der Waals surface area contributed by atoms with Gasteiger partial charge in [-0.15, -0.1) is 0 Å². The first-order chi connectivity index (χ1) is 12.1. The van der Waals surface area contributed by atoms with E-state index in [4.69, 9.17) is 4.74 Å². The molecule has 0 aromatic heterocycles. The molecule has 1 unspecified atom stereocenters. The zero-order valence-electron chi connectivity index (χ0n) is 14.5. The van der Waals surface area contributed by atoms with Crippen molar-refractivity contribution in [3.63, 3.8) is 0 Å². The number of aliphatic hydroxyl groups excluding tert-OH is 1. The van der Waals surface area contributed by atoms with Gasteiger partial charge in [-0.25, -0.2) is 0 Å². The lowest BCUT2D eigenvalue weighted by Crippen LogP contribution is -2.51. The number of ether oxygens (including phenoxy) is 1. The molecule has 2 saturated heterocycles. The van der Waals surface area contributed by atoms with E-state index in [1.54, 1.807) is 7.11 Å². The molecular weight excluding hydrogens is 378 g/mol. The molecule has 2 aliphatic rings. The first kappa shape index (κ1) is 17.1. The van der Waals surface area contributed by atoms with Gasteiger partial charge in [0.2, 0.25) is 0 Å². The Labute approximate surface area is 157 Å². The molecule has 3 atom stereocenters. The molecule has 4 rings (SSSR count). The molecule has 0 radical (unpaired) electrons. The fourth-order valence-corrected chi connectivity index (χ4v) is 4.97. The lowest BCUT2D eigenvalue weighted by molar-refractivity contribution is -0.0279. The highest BCUT2D eigenvalue weighted by molar-refractivity contribution is 9.10. The maximum Gasteiger partial charge on any atom is 0.118 e. The first-order valence-electron chi connectivity index (χ1n) is 8.94. The minimum atomic E-state index is -0.205. The highest BCUT2D eigenvalue weighted by Gasteiger charge is 2.52. The van der Waals surface area contributed by atoms with Crippen molar-refractivity contribution in [2.75, 3.05) is 7.11 Å².